The first kappa shape index (κ1) is 29.3. The minimum atomic E-state index is -2.94. The molecule has 2 rings (SSSR count). The number of fused-ring (bicyclic) bond motifs is 1. The Bertz CT molecular complexity index is 1160. The number of nitrogen functional groups attached to an aromatic ring is 1. The summed E-state index contributed by atoms with van der Waals surface area (Å²) in [5.41, 5.74) is 2.59. The zero-order valence-corrected chi connectivity index (χ0v) is 20.4. The molecule has 2 aromatic rings. The molecule has 2 aromatic heterocycles. The number of aromatic nitrogens is 4. The maximum atomic E-state index is 15.2. The second-order valence-electron chi connectivity index (χ2n) is 7.35. The fourth-order valence-electron chi connectivity index (χ4n) is 3.06. The number of hydrogen-bond donors (Lipinski definition) is 4. The summed E-state index contributed by atoms with van der Waals surface area (Å²) >= 11 is 11.4. The molecule has 36 heavy (non-hydrogen) atoms. The average molecular weight is 554 g/mol. The van der Waals surface area contributed by atoms with Crippen molar-refractivity contribution in [2.24, 2.45) is 0 Å². The second kappa shape index (κ2) is 12.4. The number of carboxylic acid groups (broad SMARTS) is 2. The summed E-state index contributed by atoms with van der Waals surface area (Å²) < 4.78 is 40.2. The van der Waals surface area contributed by atoms with Gasteiger partial charge in [-0.3, -0.25) is 4.57 Å². The van der Waals surface area contributed by atoms with Gasteiger partial charge in [-0.1, -0.05) is 17.7 Å². The van der Waals surface area contributed by atoms with E-state index < -0.39 is 61.3 Å². The number of allylic oxidation sites excluding steroid dienone is 4. The Morgan fingerprint density at radius 1 is 1.33 bits per heavy atom. The highest BCUT2D eigenvalue weighted by Gasteiger charge is 2.49. The molecule has 12 nitrogen and oxygen atoms in total. The van der Waals surface area contributed by atoms with E-state index in [0.29, 0.717) is 0 Å². The van der Waals surface area contributed by atoms with Crippen molar-refractivity contribution < 1.29 is 43.2 Å². The van der Waals surface area contributed by atoms with Crippen molar-refractivity contribution in [3.8, 4) is 0 Å². The molecule has 0 saturated heterocycles. The SMILES string of the molecule is C/C=C(Cl)\C=C(\F)CCC(OC[C@@H](OC)[C@@H](O)[C@H](F)n1cnc2c(N)nc(Cl)nc21)(C(=O)O)C(=O)O. The standard InChI is InChI=1S/C20H23Cl2F2N5O7/c1-3-9(21)6-10(23)4-5-20(17(31)32,18(33)34)36-7-11(35-2)13(30)14(24)29-8-26-12-15(25)27-19(22)28-16(12)29/h3,6,8,11,13-14,30H,4-5,7H2,1-2H3,(H,31,32)(H,33,34)(H2,25,27,28)/b9-3+,10-6+/t11-,13-,14-/m1/s1. The van der Waals surface area contributed by atoms with Gasteiger partial charge >= 0.3 is 11.9 Å². The number of anilines is 1. The summed E-state index contributed by atoms with van der Waals surface area (Å²) in [6.07, 6.45) is -4.18. The minimum absolute atomic E-state index is 0.00309. The van der Waals surface area contributed by atoms with Crippen LogP contribution < -0.4 is 5.73 Å². The highest BCUT2D eigenvalue weighted by atomic mass is 35.5. The third-order valence-corrected chi connectivity index (χ3v) is 5.62. The molecule has 5 N–H and O–H groups in total. The monoisotopic (exact) mass is 553 g/mol. The van der Waals surface area contributed by atoms with Crippen molar-refractivity contribution in [3.05, 3.63) is 34.6 Å². The Balaban J connectivity index is 2.25. The molecule has 0 fully saturated rings. The van der Waals surface area contributed by atoms with Crippen LogP contribution in [0, 0.1) is 0 Å². The predicted octanol–water partition coefficient (Wildman–Crippen LogP) is 2.61. The van der Waals surface area contributed by atoms with Gasteiger partial charge in [0.25, 0.3) is 5.60 Å². The predicted molar refractivity (Wildman–Crippen MR) is 124 cm³/mol. The van der Waals surface area contributed by atoms with Gasteiger partial charge in [-0.15, -0.1) is 0 Å². The molecular formula is C20H23Cl2F2N5O7. The number of halogens is 4. The van der Waals surface area contributed by atoms with Gasteiger partial charge in [0, 0.05) is 25.0 Å². The van der Waals surface area contributed by atoms with Crippen molar-refractivity contribution in [1.29, 1.82) is 0 Å². The normalized spacial score (nSPS) is 15.6. The fourth-order valence-corrected chi connectivity index (χ4v) is 3.35. The number of alkyl halides is 1. The summed E-state index contributed by atoms with van der Waals surface area (Å²) in [6.45, 7) is 0.633. The van der Waals surface area contributed by atoms with Crippen molar-refractivity contribution in [2.75, 3.05) is 19.5 Å². The van der Waals surface area contributed by atoms with E-state index >= 15 is 4.39 Å². The van der Waals surface area contributed by atoms with E-state index in [9.17, 15) is 29.3 Å². The number of hydrogen-bond acceptors (Lipinski definition) is 9. The van der Waals surface area contributed by atoms with Crippen LogP contribution in [-0.4, -0.2) is 78.3 Å². The lowest BCUT2D eigenvalue weighted by Gasteiger charge is -2.30. The van der Waals surface area contributed by atoms with E-state index in [-0.39, 0.29) is 27.3 Å². The summed E-state index contributed by atoms with van der Waals surface area (Å²) in [5, 5.41) is 29.4. The first-order valence-corrected chi connectivity index (χ1v) is 10.9. The van der Waals surface area contributed by atoms with Crippen LogP contribution in [0.3, 0.4) is 0 Å². The number of methoxy groups -OCH3 is 1. The van der Waals surface area contributed by atoms with E-state index in [2.05, 4.69) is 15.0 Å². The maximum absolute atomic E-state index is 15.2. The molecule has 0 amide bonds. The smallest absolute Gasteiger partial charge is 0.347 e. The van der Waals surface area contributed by atoms with Gasteiger partial charge < -0.3 is 30.5 Å². The highest BCUT2D eigenvalue weighted by molar-refractivity contribution is 6.31. The Kier molecular flexibility index (Phi) is 10.1. The van der Waals surface area contributed by atoms with Gasteiger partial charge in [-0.2, -0.15) is 9.97 Å². The largest absolute Gasteiger partial charge is 0.479 e. The van der Waals surface area contributed by atoms with Crippen LogP contribution in [0.5, 0.6) is 0 Å². The summed E-state index contributed by atoms with van der Waals surface area (Å²) in [4.78, 5) is 35.1. The average Bonchev–Trinajstić information content (AvgIpc) is 3.24. The van der Waals surface area contributed by atoms with Crippen LogP contribution >= 0.6 is 23.2 Å². The first-order valence-electron chi connectivity index (χ1n) is 10.2. The van der Waals surface area contributed by atoms with Crippen LogP contribution in [0.1, 0.15) is 26.1 Å². The number of nitrogens with zero attached hydrogens (tertiary/aromatic N) is 4. The lowest BCUT2D eigenvalue weighted by molar-refractivity contribution is -0.193. The zero-order chi connectivity index (χ0) is 27.2. The van der Waals surface area contributed by atoms with Gasteiger partial charge in [-0.25, -0.2) is 23.4 Å². The number of aliphatic hydroxyl groups excluding tert-OH is 1. The summed E-state index contributed by atoms with van der Waals surface area (Å²) in [7, 11) is 1.05. The number of carbonyl (C=O) groups is 2. The molecule has 198 valence electrons. The molecule has 16 heteroatoms. The first-order chi connectivity index (χ1) is 16.9. The fraction of sp³-hybridized carbons (Fsp3) is 0.450. The van der Waals surface area contributed by atoms with Crippen LogP contribution in [0.2, 0.25) is 5.28 Å². The topological polar surface area (TPSA) is 183 Å². The van der Waals surface area contributed by atoms with Crippen LogP contribution in [-0.2, 0) is 19.1 Å². The number of nitrogens with two attached hydrogens (primary N) is 1. The third-order valence-electron chi connectivity index (χ3n) is 5.12. The number of rotatable bonds is 13. The lowest BCUT2D eigenvalue weighted by atomic mass is 9.96. The van der Waals surface area contributed by atoms with Gasteiger partial charge in [-0.05, 0) is 24.6 Å². The van der Waals surface area contributed by atoms with E-state index in [1.165, 1.54) is 13.0 Å². The van der Waals surface area contributed by atoms with Crippen molar-refractivity contribution in [3.63, 3.8) is 0 Å². The van der Waals surface area contributed by atoms with E-state index in [0.717, 1.165) is 24.1 Å². The summed E-state index contributed by atoms with van der Waals surface area (Å²) in [5.74, 6) is -4.92. The van der Waals surface area contributed by atoms with Gasteiger partial charge in [0.1, 0.15) is 23.6 Å². The van der Waals surface area contributed by atoms with E-state index in [1.54, 1.807) is 0 Å². The molecule has 3 atom stereocenters. The number of imidazole rings is 1. The maximum Gasteiger partial charge on any atom is 0.347 e. The molecule has 0 radical (unpaired) electrons. The van der Waals surface area contributed by atoms with Gasteiger partial charge in [0.15, 0.2) is 11.5 Å². The van der Waals surface area contributed by atoms with Crippen LogP contribution in [0.15, 0.2) is 29.3 Å². The third kappa shape index (κ3) is 6.44. The van der Waals surface area contributed by atoms with Gasteiger partial charge in [0.05, 0.1) is 12.9 Å². The minimum Gasteiger partial charge on any atom is -0.479 e. The molecule has 0 spiro atoms. The van der Waals surface area contributed by atoms with E-state index in [1.807, 2.05) is 0 Å². The zero-order valence-electron chi connectivity index (χ0n) is 18.9. The van der Waals surface area contributed by atoms with Gasteiger partial charge in [0.2, 0.25) is 11.6 Å². The van der Waals surface area contributed by atoms with Crippen molar-refractivity contribution in [1.82, 2.24) is 19.5 Å². The molecular weight excluding hydrogens is 531 g/mol. The van der Waals surface area contributed by atoms with Crippen LogP contribution in [0.4, 0.5) is 14.6 Å². The molecule has 0 unspecified atom stereocenters. The Morgan fingerprint density at radius 2 is 1.97 bits per heavy atom. The molecule has 0 aliphatic heterocycles. The molecule has 0 aromatic carbocycles. The Labute approximate surface area is 212 Å². The lowest BCUT2D eigenvalue weighted by Crippen LogP contribution is -2.51. The molecule has 2 heterocycles. The number of ether oxygens (including phenoxy) is 2. The molecule has 0 bridgehead atoms. The van der Waals surface area contributed by atoms with E-state index in [4.69, 9.17) is 38.4 Å². The number of aliphatic carboxylic acids is 2. The summed E-state index contributed by atoms with van der Waals surface area (Å²) in [6, 6.07) is 0. The second-order valence-corrected chi connectivity index (χ2v) is 8.13. The number of carboxylic acids is 2. The highest BCUT2D eigenvalue weighted by Crippen LogP contribution is 2.28. The molecule has 0 saturated carbocycles. The van der Waals surface area contributed by atoms with Crippen molar-refractivity contribution in [2.45, 2.75) is 43.9 Å². The Hall–Kier alpha value is -2.91. The Morgan fingerprint density at radius 3 is 2.53 bits per heavy atom. The van der Waals surface area contributed by atoms with Crippen molar-refractivity contribution >= 4 is 52.1 Å². The van der Waals surface area contributed by atoms with Crippen LogP contribution in [0.25, 0.3) is 11.2 Å². The number of aliphatic hydroxyl groups is 1. The molecule has 0 aliphatic carbocycles. The molecule has 0 aliphatic rings. The quantitative estimate of drug-likeness (QED) is 0.162.